The first-order valence-corrected chi connectivity index (χ1v) is 7.69. The van der Waals surface area contributed by atoms with Crippen molar-refractivity contribution in [3.05, 3.63) is 59.0 Å². The molecule has 5 heteroatoms. The molecule has 112 valence electrons. The van der Waals surface area contributed by atoms with E-state index in [0.717, 1.165) is 21.8 Å². The third-order valence-electron chi connectivity index (χ3n) is 3.86. The number of rotatable bonds is 2. The molecule has 1 atom stereocenters. The van der Waals surface area contributed by atoms with Crippen LogP contribution in [0.2, 0.25) is 0 Å². The van der Waals surface area contributed by atoms with E-state index in [4.69, 9.17) is 12.2 Å². The van der Waals surface area contributed by atoms with Crippen LogP contribution in [0.5, 0.6) is 0 Å². The average Bonchev–Trinajstić information content (AvgIpc) is 3.13. The van der Waals surface area contributed by atoms with Crippen molar-refractivity contribution in [1.29, 1.82) is 0 Å². The molecule has 1 N–H and O–H groups in total. The van der Waals surface area contributed by atoms with E-state index in [9.17, 15) is 4.79 Å². The summed E-state index contributed by atoms with van der Waals surface area (Å²) in [7, 11) is 0. The lowest BCUT2D eigenvalue weighted by Gasteiger charge is -2.14. The first-order chi connectivity index (χ1) is 11.2. The molecule has 2 aliphatic heterocycles. The molecule has 0 bridgehead atoms. The topological polar surface area (TPSA) is 44.7 Å². The maximum atomic E-state index is 12.7. The van der Waals surface area contributed by atoms with Crippen LogP contribution in [-0.2, 0) is 4.79 Å². The number of amides is 1. The minimum absolute atomic E-state index is 0.0724. The van der Waals surface area contributed by atoms with Gasteiger partial charge in [0.2, 0.25) is 0 Å². The predicted molar refractivity (Wildman–Crippen MR) is 96.2 cm³/mol. The Morgan fingerprint density at radius 1 is 1.17 bits per heavy atom. The lowest BCUT2D eigenvalue weighted by Crippen LogP contribution is -2.31. The van der Waals surface area contributed by atoms with Crippen LogP contribution in [0.15, 0.2) is 53.5 Å². The highest BCUT2D eigenvalue weighted by Gasteiger charge is 2.34. The summed E-state index contributed by atoms with van der Waals surface area (Å²) in [5.41, 5.74) is 1.70. The van der Waals surface area contributed by atoms with Crippen molar-refractivity contribution < 1.29 is 4.79 Å². The number of hydrogen-bond acceptors (Lipinski definition) is 3. The van der Waals surface area contributed by atoms with Gasteiger partial charge in [0, 0.05) is 11.4 Å². The molecule has 4 nitrogen and oxygen atoms in total. The molecule has 0 radical (unpaired) electrons. The number of thiocarbonyl (C=S) groups is 1. The largest absolute Gasteiger partial charge is 0.347 e. The molecule has 4 rings (SSSR count). The third kappa shape index (κ3) is 2.45. The minimum Gasteiger partial charge on any atom is -0.347 e. The predicted octanol–water partition coefficient (Wildman–Crippen LogP) is 1.25. The van der Waals surface area contributed by atoms with Gasteiger partial charge in [0.05, 0.1) is 11.4 Å². The fraction of sp³-hybridized carbons (Fsp3) is 0.0556. The Kier molecular flexibility index (Phi) is 3.28. The van der Waals surface area contributed by atoms with Gasteiger partial charge in [-0.3, -0.25) is 14.7 Å². The lowest BCUT2D eigenvalue weighted by molar-refractivity contribution is -0.117. The van der Waals surface area contributed by atoms with Crippen molar-refractivity contribution in [2.45, 2.75) is 6.04 Å². The van der Waals surface area contributed by atoms with Crippen LogP contribution in [0.25, 0.3) is 12.2 Å². The smallest absolute Gasteiger partial charge is 0.259 e. The van der Waals surface area contributed by atoms with Gasteiger partial charge in [-0.15, -0.1) is 0 Å². The molecule has 0 aromatic heterocycles. The standard InChI is InChI=1S/C18H13N3OS/c22-17-16(11-12-6-7-13-8-9-19-15(13)10-12)20-18(23)21(17)14-4-2-1-3-5-14/h1-11,16H,(H,20,23). The van der Waals surface area contributed by atoms with Gasteiger partial charge in [-0.1, -0.05) is 30.3 Å². The fourth-order valence-corrected chi connectivity index (χ4v) is 3.06. The SMILES string of the molecule is O=C1C(C=c2ccc3c(c2)N=CC=3)NC(=S)N1c1ccccc1. The molecule has 1 saturated heterocycles. The number of benzene rings is 2. The van der Waals surface area contributed by atoms with Gasteiger partial charge in [-0.2, -0.15) is 0 Å². The number of fused-ring (bicyclic) bond motifs is 1. The number of hydrogen-bond donors (Lipinski definition) is 1. The molecule has 1 unspecified atom stereocenters. The second kappa shape index (κ2) is 5.44. The van der Waals surface area contributed by atoms with E-state index in [0.29, 0.717) is 5.11 Å². The van der Waals surface area contributed by atoms with E-state index in [1.54, 1.807) is 6.21 Å². The highest BCUT2D eigenvalue weighted by atomic mass is 32.1. The zero-order valence-electron chi connectivity index (χ0n) is 12.1. The molecule has 2 aliphatic rings. The Balaban J connectivity index is 1.68. The Morgan fingerprint density at radius 3 is 2.83 bits per heavy atom. The molecule has 2 heterocycles. The van der Waals surface area contributed by atoms with Gasteiger partial charge in [0.25, 0.3) is 5.91 Å². The van der Waals surface area contributed by atoms with Gasteiger partial charge in [0.1, 0.15) is 6.04 Å². The van der Waals surface area contributed by atoms with Crippen molar-refractivity contribution in [3.8, 4) is 0 Å². The van der Waals surface area contributed by atoms with Crippen molar-refractivity contribution in [1.82, 2.24) is 5.32 Å². The monoisotopic (exact) mass is 319 g/mol. The molecule has 2 aromatic rings. The van der Waals surface area contributed by atoms with E-state index in [1.165, 1.54) is 4.90 Å². The molecule has 0 spiro atoms. The summed E-state index contributed by atoms with van der Waals surface area (Å²) < 4.78 is 0. The summed E-state index contributed by atoms with van der Waals surface area (Å²) in [6.45, 7) is 0. The third-order valence-corrected chi connectivity index (χ3v) is 4.16. The number of carbonyl (C=O) groups excluding carboxylic acids is 1. The number of carbonyl (C=O) groups is 1. The molecule has 1 fully saturated rings. The van der Waals surface area contributed by atoms with Crippen molar-refractivity contribution >= 4 is 53.0 Å². The number of nitrogens with zero attached hydrogens (tertiary/aromatic N) is 2. The van der Waals surface area contributed by atoms with Gasteiger partial charge < -0.3 is 5.32 Å². The number of anilines is 1. The van der Waals surface area contributed by atoms with Crippen LogP contribution in [0.3, 0.4) is 0 Å². The van der Waals surface area contributed by atoms with Crippen LogP contribution in [0.1, 0.15) is 0 Å². The average molecular weight is 319 g/mol. The molecule has 23 heavy (non-hydrogen) atoms. The summed E-state index contributed by atoms with van der Waals surface area (Å²) in [5.74, 6) is -0.0724. The van der Waals surface area contributed by atoms with Crippen LogP contribution in [0, 0.1) is 0 Å². The van der Waals surface area contributed by atoms with E-state index >= 15 is 0 Å². The zero-order valence-corrected chi connectivity index (χ0v) is 13.0. The highest BCUT2D eigenvalue weighted by Crippen LogP contribution is 2.19. The highest BCUT2D eigenvalue weighted by molar-refractivity contribution is 7.80. The van der Waals surface area contributed by atoms with Crippen LogP contribution < -0.4 is 20.7 Å². The molecule has 0 aliphatic carbocycles. The Labute approximate surface area is 138 Å². The summed E-state index contributed by atoms with van der Waals surface area (Å²) in [6.07, 6.45) is 5.62. The first-order valence-electron chi connectivity index (χ1n) is 7.28. The van der Waals surface area contributed by atoms with Gasteiger partial charge in [0.15, 0.2) is 5.11 Å². The number of nitrogens with one attached hydrogen (secondary N) is 1. The van der Waals surface area contributed by atoms with E-state index in [-0.39, 0.29) is 5.91 Å². The number of aliphatic imine (C=N–C) groups is 1. The lowest BCUT2D eigenvalue weighted by atomic mass is 10.1. The molecular weight excluding hydrogens is 306 g/mol. The normalized spacial score (nSPS) is 19.7. The zero-order chi connectivity index (χ0) is 15.8. The van der Waals surface area contributed by atoms with Crippen molar-refractivity contribution in [3.63, 3.8) is 0 Å². The molecule has 2 aromatic carbocycles. The molecule has 0 saturated carbocycles. The first kappa shape index (κ1) is 13.8. The van der Waals surface area contributed by atoms with Crippen molar-refractivity contribution in [2.24, 2.45) is 4.99 Å². The summed E-state index contributed by atoms with van der Waals surface area (Å²) >= 11 is 5.32. The fourth-order valence-electron chi connectivity index (χ4n) is 2.74. The summed E-state index contributed by atoms with van der Waals surface area (Å²) in [5, 5.41) is 5.54. The molecular formula is C18H13N3OS. The van der Waals surface area contributed by atoms with Gasteiger partial charge in [-0.25, -0.2) is 0 Å². The second-order valence-corrected chi connectivity index (χ2v) is 5.75. The quantitative estimate of drug-likeness (QED) is 0.848. The van der Waals surface area contributed by atoms with Crippen molar-refractivity contribution in [2.75, 3.05) is 4.90 Å². The van der Waals surface area contributed by atoms with E-state index in [1.807, 2.05) is 60.7 Å². The Hall–Kier alpha value is -2.79. The minimum atomic E-state index is -0.463. The van der Waals surface area contributed by atoms with Crippen LogP contribution in [0.4, 0.5) is 11.4 Å². The molecule has 1 amide bonds. The summed E-state index contributed by atoms with van der Waals surface area (Å²) in [4.78, 5) is 18.5. The van der Waals surface area contributed by atoms with E-state index < -0.39 is 6.04 Å². The maximum absolute atomic E-state index is 12.7. The number of para-hydroxylation sites is 1. The maximum Gasteiger partial charge on any atom is 0.259 e. The van der Waals surface area contributed by atoms with E-state index in [2.05, 4.69) is 10.3 Å². The van der Waals surface area contributed by atoms with Crippen LogP contribution >= 0.6 is 12.2 Å². The Morgan fingerprint density at radius 2 is 2.00 bits per heavy atom. The van der Waals surface area contributed by atoms with Crippen LogP contribution in [-0.4, -0.2) is 23.3 Å². The van der Waals surface area contributed by atoms with Gasteiger partial charge in [-0.05, 0) is 47.8 Å². The second-order valence-electron chi connectivity index (χ2n) is 5.37. The van der Waals surface area contributed by atoms with Gasteiger partial charge >= 0.3 is 0 Å². The Bertz CT molecular complexity index is 950. The summed E-state index contributed by atoms with van der Waals surface area (Å²) in [6, 6.07) is 14.9.